The summed E-state index contributed by atoms with van der Waals surface area (Å²) in [7, 11) is 1.70. The van der Waals surface area contributed by atoms with Gasteiger partial charge in [0.1, 0.15) is 0 Å². The summed E-state index contributed by atoms with van der Waals surface area (Å²) in [5, 5.41) is 10.1. The van der Waals surface area contributed by atoms with E-state index in [1.54, 1.807) is 25.8 Å². The van der Waals surface area contributed by atoms with Crippen LogP contribution in [0.3, 0.4) is 0 Å². The molecule has 80 valence electrons. The third-order valence-corrected chi connectivity index (χ3v) is 2.99. The van der Waals surface area contributed by atoms with Gasteiger partial charge < -0.3 is 15.6 Å². The van der Waals surface area contributed by atoms with Crippen molar-refractivity contribution in [3.63, 3.8) is 0 Å². The van der Waals surface area contributed by atoms with Crippen molar-refractivity contribution in [1.29, 1.82) is 0 Å². The molecule has 0 aromatic carbocycles. The molecule has 2 unspecified atom stereocenters. The molecule has 0 saturated heterocycles. The molecule has 0 aliphatic heterocycles. The van der Waals surface area contributed by atoms with E-state index in [1.807, 2.05) is 0 Å². The molecule has 2 atom stereocenters. The molecule has 3 N–H and O–H groups in total. The van der Waals surface area contributed by atoms with Crippen LogP contribution in [-0.2, 0) is 4.74 Å². The summed E-state index contributed by atoms with van der Waals surface area (Å²) in [5.41, 5.74) is 4.70. The molecule has 0 radical (unpaired) electrons. The van der Waals surface area contributed by atoms with Crippen molar-refractivity contribution < 1.29 is 9.84 Å². The monoisotopic (exact) mass is 207 g/mol. The van der Waals surface area contributed by atoms with Crippen LogP contribution in [-0.4, -0.2) is 42.0 Å². The average Bonchev–Trinajstić information content (AvgIpc) is 2.04. The van der Waals surface area contributed by atoms with Gasteiger partial charge in [0.05, 0.1) is 12.2 Å². The summed E-state index contributed by atoms with van der Waals surface area (Å²) < 4.78 is 4.94. The summed E-state index contributed by atoms with van der Waals surface area (Å²) in [6, 6.07) is 0. The molecule has 0 bridgehead atoms. The molecular weight excluding hydrogens is 186 g/mol. The summed E-state index contributed by atoms with van der Waals surface area (Å²) in [5.74, 6) is 0.971. The maximum absolute atomic E-state index is 9.68. The normalized spacial score (nSPS) is 18.2. The number of hydrogen-bond donors (Lipinski definition) is 2. The van der Waals surface area contributed by atoms with Crippen molar-refractivity contribution in [2.75, 3.05) is 26.0 Å². The highest BCUT2D eigenvalue weighted by Crippen LogP contribution is 2.20. The number of thioether (sulfide) groups is 1. The van der Waals surface area contributed by atoms with E-state index in [0.717, 1.165) is 18.8 Å². The van der Waals surface area contributed by atoms with Gasteiger partial charge in [0.15, 0.2) is 0 Å². The van der Waals surface area contributed by atoms with Crippen LogP contribution in [0.1, 0.15) is 20.3 Å². The number of methoxy groups -OCH3 is 1. The van der Waals surface area contributed by atoms with E-state index in [1.165, 1.54) is 0 Å². The molecule has 0 fully saturated rings. The van der Waals surface area contributed by atoms with Crippen LogP contribution in [0.15, 0.2) is 0 Å². The minimum Gasteiger partial charge on any atom is -0.389 e. The predicted molar refractivity (Wildman–Crippen MR) is 58.1 cm³/mol. The van der Waals surface area contributed by atoms with Crippen molar-refractivity contribution in [2.45, 2.75) is 31.1 Å². The predicted octanol–water partition coefficient (Wildman–Crippen LogP) is 0.854. The van der Waals surface area contributed by atoms with Gasteiger partial charge in [-0.1, -0.05) is 6.92 Å². The average molecular weight is 207 g/mol. The third kappa shape index (κ3) is 7.31. The first-order valence-electron chi connectivity index (χ1n) is 4.55. The molecule has 4 heteroatoms. The van der Waals surface area contributed by atoms with Gasteiger partial charge >= 0.3 is 0 Å². The molecule has 0 aliphatic carbocycles. The van der Waals surface area contributed by atoms with E-state index in [0.29, 0.717) is 11.8 Å². The first kappa shape index (κ1) is 13.2. The lowest BCUT2D eigenvalue weighted by Gasteiger charge is -2.24. The minimum absolute atomic E-state index is 0.322. The summed E-state index contributed by atoms with van der Waals surface area (Å²) in [4.78, 5) is 0. The fourth-order valence-corrected chi connectivity index (χ4v) is 2.24. The Labute approximate surface area is 85.0 Å². The minimum atomic E-state index is -0.723. The fourth-order valence-electron chi connectivity index (χ4n) is 1.09. The van der Waals surface area contributed by atoms with Gasteiger partial charge in [0, 0.05) is 24.7 Å². The van der Waals surface area contributed by atoms with Crippen LogP contribution in [0.5, 0.6) is 0 Å². The molecule has 0 aromatic heterocycles. The fraction of sp³-hybridized carbons (Fsp3) is 1.00. The summed E-state index contributed by atoms with van der Waals surface area (Å²) in [6.07, 6.45) is 0.734. The Morgan fingerprint density at radius 1 is 1.62 bits per heavy atom. The lowest BCUT2D eigenvalue weighted by molar-refractivity contribution is 0.0608. The Balaban J connectivity index is 3.55. The molecule has 0 aliphatic rings. The van der Waals surface area contributed by atoms with E-state index in [9.17, 15) is 5.11 Å². The van der Waals surface area contributed by atoms with Crippen molar-refractivity contribution >= 4 is 11.8 Å². The van der Waals surface area contributed by atoms with Crippen molar-refractivity contribution in [1.82, 2.24) is 0 Å². The summed E-state index contributed by atoms with van der Waals surface area (Å²) in [6.45, 7) is 4.97. The van der Waals surface area contributed by atoms with E-state index in [-0.39, 0.29) is 0 Å². The van der Waals surface area contributed by atoms with Crippen LogP contribution < -0.4 is 5.73 Å². The number of rotatable bonds is 7. The smallest absolute Gasteiger partial charge is 0.0751 e. The summed E-state index contributed by atoms with van der Waals surface area (Å²) >= 11 is 1.80. The molecule has 3 nitrogen and oxygen atoms in total. The van der Waals surface area contributed by atoms with Crippen LogP contribution >= 0.6 is 11.8 Å². The molecule has 0 saturated carbocycles. The zero-order valence-corrected chi connectivity index (χ0v) is 9.56. The first-order chi connectivity index (χ1) is 6.02. The highest BCUT2D eigenvalue weighted by molar-refractivity contribution is 7.99. The third-order valence-electron chi connectivity index (χ3n) is 1.86. The van der Waals surface area contributed by atoms with Crippen LogP contribution in [0.25, 0.3) is 0 Å². The second-order valence-electron chi connectivity index (χ2n) is 3.58. The zero-order chi connectivity index (χ0) is 10.3. The number of nitrogens with two attached hydrogens (primary N) is 1. The quantitative estimate of drug-likeness (QED) is 0.608. The molecule has 0 rings (SSSR count). The van der Waals surface area contributed by atoms with Crippen molar-refractivity contribution in [2.24, 2.45) is 5.73 Å². The van der Waals surface area contributed by atoms with Crippen molar-refractivity contribution in [3.05, 3.63) is 0 Å². The van der Waals surface area contributed by atoms with E-state index in [2.05, 4.69) is 6.92 Å². The molecular formula is C9H21NO2S. The van der Waals surface area contributed by atoms with Crippen LogP contribution in [0.4, 0.5) is 0 Å². The Hall–Kier alpha value is 0.230. The Bertz CT molecular complexity index is 131. The van der Waals surface area contributed by atoms with Gasteiger partial charge in [-0.3, -0.25) is 0 Å². The van der Waals surface area contributed by atoms with Crippen molar-refractivity contribution in [3.8, 4) is 0 Å². The Kier molecular flexibility index (Phi) is 6.77. The zero-order valence-electron chi connectivity index (χ0n) is 8.75. The van der Waals surface area contributed by atoms with Gasteiger partial charge in [-0.25, -0.2) is 0 Å². The molecule has 0 heterocycles. The molecule has 0 spiro atoms. The number of hydrogen-bond acceptors (Lipinski definition) is 4. The SMILES string of the molecule is COCCSC(C)CC(C)(O)CN. The first-order valence-corrected chi connectivity index (χ1v) is 5.59. The van der Waals surface area contributed by atoms with Gasteiger partial charge in [0.25, 0.3) is 0 Å². The maximum atomic E-state index is 9.68. The van der Waals surface area contributed by atoms with Crippen LogP contribution in [0, 0.1) is 0 Å². The number of aliphatic hydroxyl groups is 1. The van der Waals surface area contributed by atoms with E-state index < -0.39 is 5.60 Å². The number of ether oxygens (including phenoxy) is 1. The largest absolute Gasteiger partial charge is 0.389 e. The highest BCUT2D eigenvalue weighted by Gasteiger charge is 2.21. The van der Waals surface area contributed by atoms with E-state index >= 15 is 0 Å². The Morgan fingerprint density at radius 3 is 2.69 bits per heavy atom. The van der Waals surface area contributed by atoms with Gasteiger partial charge in [-0.05, 0) is 13.3 Å². The lowest BCUT2D eigenvalue weighted by atomic mass is 10.0. The standard InChI is InChI=1S/C9H21NO2S/c1-8(13-5-4-12-3)6-9(2,11)7-10/h8,11H,4-7,10H2,1-3H3. The van der Waals surface area contributed by atoms with Crippen LogP contribution in [0.2, 0.25) is 0 Å². The molecule has 0 aromatic rings. The molecule has 0 amide bonds. The van der Waals surface area contributed by atoms with Gasteiger partial charge in [-0.15, -0.1) is 0 Å². The van der Waals surface area contributed by atoms with E-state index in [4.69, 9.17) is 10.5 Å². The van der Waals surface area contributed by atoms with Gasteiger partial charge in [-0.2, -0.15) is 11.8 Å². The second kappa shape index (κ2) is 6.65. The Morgan fingerprint density at radius 2 is 2.23 bits per heavy atom. The topological polar surface area (TPSA) is 55.5 Å². The molecule has 13 heavy (non-hydrogen) atoms. The highest BCUT2D eigenvalue weighted by atomic mass is 32.2. The second-order valence-corrected chi connectivity index (χ2v) is 5.13. The maximum Gasteiger partial charge on any atom is 0.0751 e. The van der Waals surface area contributed by atoms with Gasteiger partial charge in [0.2, 0.25) is 0 Å². The lowest BCUT2D eigenvalue weighted by Crippen LogP contribution is -2.36.